The minimum atomic E-state index is -0.631. The Bertz CT molecular complexity index is 932. The van der Waals surface area contributed by atoms with Gasteiger partial charge in [-0.15, -0.1) is 0 Å². The third-order valence-electron chi connectivity index (χ3n) is 4.38. The number of nitrogens with one attached hydrogen (secondary N) is 1. The number of rotatable bonds is 5. The van der Waals surface area contributed by atoms with Crippen LogP contribution in [-0.2, 0) is 19.1 Å². The van der Waals surface area contributed by atoms with Crippen LogP contribution >= 0.6 is 23.2 Å². The molecule has 0 bridgehead atoms. The zero-order chi connectivity index (χ0) is 20.3. The molecule has 0 saturated carbocycles. The summed E-state index contributed by atoms with van der Waals surface area (Å²) >= 11 is 12.0. The number of nitrogens with zero attached hydrogens (tertiary/aromatic N) is 1. The molecule has 0 spiro atoms. The Hall–Kier alpha value is -2.57. The van der Waals surface area contributed by atoms with Crippen molar-refractivity contribution in [2.45, 2.75) is 13.3 Å². The van der Waals surface area contributed by atoms with Crippen LogP contribution in [-0.4, -0.2) is 30.9 Å². The molecule has 2 amide bonds. The van der Waals surface area contributed by atoms with E-state index in [2.05, 4.69) is 5.32 Å². The van der Waals surface area contributed by atoms with Crippen LogP contribution in [0.5, 0.6) is 0 Å². The van der Waals surface area contributed by atoms with Gasteiger partial charge in [0.2, 0.25) is 5.91 Å². The SMILES string of the molecule is Cc1ccc(NC(=O)COC(=O)[C@H]2CC(=O)N(c3cccc(Cl)c3)C2)cc1Cl. The highest BCUT2D eigenvalue weighted by Gasteiger charge is 2.36. The van der Waals surface area contributed by atoms with Gasteiger partial charge in [0, 0.05) is 34.4 Å². The first-order valence-electron chi connectivity index (χ1n) is 8.62. The molecule has 0 radical (unpaired) electrons. The summed E-state index contributed by atoms with van der Waals surface area (Å²) in [6.45, 7) is 1.60. The van der Waals surface area contributed by atoms with Crippen molar-refractivity contribution in [3.63, 3.8) is 0 Å². The first kappa shape index (κ1) is 20.2. The molecule has 0 unspecified atom stereocenters. The number of esters is 1. The Morgan fingerprint density at radius 3 is 2.71 bits per heavy atom. The molecule has 1 saturated heterocycles. The number of halogens is 2. The van der Waals surface area contributed by atoms with Crippen molar-refractivity contribution in [2.75, 3.05) is 23.4 Å². The molecular formula is C20H18Cl2N2O4. The van der Waals surface area contributed by atoms with Crippen LogP contribution < -0.4 is 10.2 Å². The summed E-state index contributed by atoms with van der Waals surface area (Å²) < 4.78 is 5.08. The highest BCUT2D eigenvalue weighted by molar-refractivity contribution is 6.31. The third kappa shape index (κ3) is 4.82. The molecular weight excluding hydrogens is 403 g/mol. The van der Waals surface area contributed by atoms with Gasteiger partial charge in [-0.25, -0.2) is 0 Å². The van der Waals surface area contributed by atoms with Crippen molar-refractivity contribution in [3.8, 4) is 0 Å². The summed E-state index contributed by atoms with van der Waals surface area (Å²) in [6, 6.07) is 12.0. The van der Waals surface area contributed by atoms with Crippen LogP contribution in [0.15, 0.2) is 42.5 Å². The topological polar surface area (TPSA) is 75.7 Å². The van der Waals surface area contributed by atoms with Gasteiger partial charge in [0.25, 0.3) is 5.91 Å². The maximum Gasteiger partial charge on any atom is 0.311 e. The molecule has 6 nitrogen and oxygen atoms in total. The lowest BCUT2D eigenvalue weighted by molar-refractivity contribution is -0.151. The molecule has 146 valence electrons. The molecule has 1 fully saturated rings. The molecule has 0 aromatic heterocycles. The standard InChI is InChI=1S/C20H18Cl2N2O4/c1-12-5-6-15(9-17(12)22)23-18(25)11-28-20(27)13-7-19(26)24(10-13)16-4-2-3-14(21)8-16/h2-6,8-9,13H,7,10-11H2,1H3,(H,23,25)/t13-/m0/s1. The van der Waals surface area contributed by atoms with E-state index in [0.717, 1.165) is 5.56 Å². The van der Waals surface area contributed by atoms with E-state index in [9.17, 15) is 14.4 Å². The average Bonchev–Trinajstić information content (AvgIpc) is 3.05. The fourth-order valence-electron chi connectivity index (χ4n) is 2.88. The monoisotopic (exact) mass is 420 g/mol. The van der Waals surface area contributed by atoms with E-state index in [-0.39, 0.29) is 18.9 Å². The highest BCUT2D eigenvalue weighted by atomic mass is 35.5. The van der Waals surface area contributed by atoms with E-state index < -0.39 is 24.4 Å². The minimum absolute atomic E-state index is 0.0283. The number of ether oxygens (including phenoxy) is 1. The first-order valence-corrected chi connectivity index (χ1v) is 9.37. The predicted octanol–water partition coefficient (Wildman–Crippen LogP) is 3.84. The normalized spacial score (nSPS) is 16.2. The number of aryl methyl sites for hydroxylation is 1. The molecule has 2 aromatic rings. The Balaban J connectivity index is 1.53. The number of carbonyl (C=O) groups excluding carboxylic acids is 3. The zero-order valence-electron chi connectivity index (χ0n) is 15.1. The summed E-state index contributed by atoms with van der Waals surface area (Å²) in [5.41, 5.74) is 2.03. The van der Waals surface area contributed by atoms with E-state index in [1.165, 1.54) is 4.90 Å². The number of benzene rings is 2. The van der Waals surface area contributed by atoms with Crippen molar-refractivity contribution in [2.24, 2.45) is 5.92 Å². The molecule has 3 rings (SSSR count). The second kappa shape index (κ2) is 8.63. The van der Waals surface area contributed by atoms with E-state index >= 15 is 0 Å². The van der Waals surface area contributed by atoms with Crippen LogP contribution in [0.4, 0.5) is 11.4 Å². The van der Waals surface area contributed by atoms with E-state index in [0.29, 0.717) is 21.4 Å². The predicted molar refractivity (Wildman–Crippen MR) is 108 cm³/mol. The summed E-state index contributed by atoms with van der Waals surface area (Å²) in [4.78, 5) is 38.0. The molecule has 1 aliphatic heterocycles. The molecule has 1 heterocycles. The van der Waals surface area contributed by atoms with Gasteiger partial charge >= 0.3 is 5.97 Å². The highest BCUT2D eigenvalue weighted by Crippen LogP contribution is 2.27. The number of anilines is 2. The molecule has 2 aromatic carbocycles. The van der Waals surface area contributed by atoms with Gasteiger partial charge in [-0.05, 0) is 42.8 Å². The Kier molecular flexibility index (Phi) is 6.21. The summed E-state index contributed by atoms with van der Waals surface area (Å²) in [6.07, 6.45) is 0.0283. The smallest absolute Gasteiger partial charge is 0.311 e. The van der Waals surface area contributed by atoms with Crippen LogP contribution in [0.1, 0.15) is 12.0 Å². The van der Waals surface area contributed by atoms with Crippen LogP contribution in [0.2, 0.25) is 10.0 Å². The third-order valence-corrected chi connectivity index (χ3v) is 5.02. The van der Waals surface area contributed by atoms with E-state index in [4.69, 9.17) is 27.9 Å². The molecule has 1 aliphatic rings. The lowest BCUT2D eigenvalue weighted by Crippen LogP contribution is -2.28. The van der Waals surface area contributed by atoms with E-state index in [1.54, 1.807) is 42.5 Å². The Morgan fingerprint density at radius 1 is 1.21 bits per heavy atom. The van der Waals surface area contributed by atoms with E-state index in [1.807, 2.05) is 6.92 Å². The summed E-state index contributed by atoms with van der Waals surface area (Å²) in [5.74, 6) is -1.89. The maximum absolute atomic E-state index is 12.3. The minimum Gasteiger partial charge on any atom is -0.455 e. The molecule has 8 heteroatoms. The van der Waals surface area contributed by atoms with Gasteiger partial charge < -0.3 is 15.0 Å². The molecule has 28 heavy (non-hydrogen) atoms. The van der Waals surface area contributed by atoms with Crippen molar-refractivity contribution in [3.05, 3.63) is 58.1 Å². The Labute approximate surface area is 172 Å². The van der Waals surface area contributed by atoms with Crippen molar-refractivity contribution in [1.29, 1.82) is 0 Å². The maximum atomic E-state index is 12.3. The first-order chi connectivity index (χ1) is 13.3. The quantitative estimate of drug-likeness (QED) is 0.745. The second-order valence-electron chi connectivity index (χ2n) is 6.51. The number of amides is 2. The summed E-state index contributed by atoms with van der Waals surface area (Å²) in [7, 11) is 0. The fourth-order valence-corrected chi connectivity index (χ4v) is 3.25. The van der Waals surface area contributed by atoms with Gasteiger partial charge in [-0.2, -0.15) is 0 Å². The Morgan fingerprint density at radius 2 is 2.00 bits per heavy atom. The second-order valence-corrected chi connectivity index (χ2v) is 7.35. The number of hydrogen-bond donors (Lipinski definition) is 1. The number of carbonyl (C=O) groups is 3. The fraction of sp³-hybridized carbons (Fsp3) is 0.250. The lowest BCUT2D eigenvalue weighted by Gasteiger charge is -2.16. The van der Waals surface area contributed by atoms with Crippen molar-refractivity contribution in [1.82, 2.24) is 0 Å². The van der Waals surface area contributed by atoms with Crippen LogP contribution in [0.25, 0.3) is 0 Å². The number of hydrogen-bond acceptors (Lipinski definition) is 4. The largest absolute Gasteiger partial charge is 0.455 e. The van der Waals surface area contributed by atoms with Gasteiger partial charge in [0.15, 0.2) is 6.61 Å². The summed E-state index contributed by atoms with van der Waals surface area (Å²) in [5, 5.41) is 3.64. The zero-order valence-corrected chi connectivity index (χ0v) is 16.6. The average molecular weight is 421 g/mol. The van der Waals surface area contributed by atoms with Gasteiger partial charge in [0.1, 0.15) is 0 Å². The van der Waals surface area contributed by atoms with Gasteiger partial charge in [-0.3, -0.25) is 14.4 Å². The molecule has 0 aliphatic carbocycles. The van der Waals surface area contributed by atoms with Gasteiger partial charge in [-0.1, -0.05) is 35.3 Å². The van der Waals surface area contributed by atoms with Crippen LogP contribution in [0, 0.1) is 12.8 Å². The molecule has 1 N–H and O–H groups in total. The molecule has 1 atom stereocenters. The van der Waals surface area contributed by atoms with Gasteiger partial charge in [0.05, 0.1) is 5.92 Å². The van der Waals surface area contributed by atoms with Crippen LogP contribution in [0.3, 0.4) is 0 Å². The van der Waals surface area contributed by atoms with Crippen molar-refractivity contribution >= 4 is 52.4 Å². The lowest BCUT2D eigenvalue weighted by atomic mass is 10.1. The van der Waals surface area contributed by atoms with Crippen molar-refractivity contribution < 1.29 is 19.1 Å².